The van der Waals surface area contributed by atoms with E-state index in [-0.39, 0.29) is 0 Å². The molecule has 0 amide bonds. The molecule has 3 aromatic rings. The minimum absolute atomic E-state index is 1.15. The first kappa shape index (κ1) is 5.83. The Labute approximate surface area is 68.9 Å². The lowest BCUT2D eigenvalue weighted by Crippen LogP contribution is -2.16. The van der Waals surface area contributed by atoms with Crippen LogP contribution in [0, 0.1) is 0 Å². The zero-order valence-corrected chi connectivity index (χ0v) is 6.38. The van der Waals surface area contributed by atoms with E-state index in [1.807, 2.05) is 41.6 Å². The lowest BCUT2D eigenvalue weighted by atomic mass is 10.4. The molecule has 0 radical (unpaired) electrons. The highest BCUT2D eigenvalue weighted by Crippen LogP contribution is 2.06. The van der Waals surface area contributed by atoms with Gasteiger partial charge in [-0.25, -0.2) is 0 Å². The van der Waals surface area contributed by atoms with Crippen molar-refractivity contribution >= 4 is 11.0 Å². The minimum atomic E-state index is 1.15. The Morgan fingerprint density at radius 3 is 3.42 bits per heavy atom. The van der Waals surface area contributed by atoms with Gasteiger partial charge in [0.25, 0.3) is 0 Å². The second-order valence-corrected chi connectivity index (χ2v) is 2.79. The number of aromatic nitrogens is 3. The maximum absolute atomic E-state index is 4.06. The predicted molar refractivity (Wildman–Crippen MR) is 43.9 cm³/mol. The molecule has 0 aromatic carbocycles. The van der Waals surface area contributed by atoms with E-state index in [0.29, 0.717) is 0 Å². The Balaban J connectivity index is 2.68. The van der Waals surface area contributed by atoms with Gasteiger partial charge in [-0.2, -0.15) is 0 Å². The third-order valence-corrected chi connectivity index (χ3v) is 2.07. The van der Waals surface area contributed by atoms with Gasteiger partial charge in [-0.1, -0.05) is 12.1 Å². The summed E-state index contributed by atoms with van der Waals surface area (Å²) in [4.78, 5) is 4.06. The van der Waals surface area contributed by atoms with Crippen molar-refractivity contribution in [3.05, 3.63) is 43.2 Å². The number of pyridine rings is 1. The van der Waals surface area contributed by atoms with Crippen molar-refractivity contribution < 1.29 is 4.40 Å². The fraction of sp³-hybridized carbons (Fsp3) is 0. The maximum atomic E-state index is 4.06. The molecule has 0 aliphatic rings. The first-order valence-electron chi connectivity index (χ1n) is 3.82. The lowest BCUT2D eigenvalue weighted by Gasteiger charge is -1.86. The standard InChI is InChI=1S/C9H7N3/c1-2-4-11-7-12-6-10-5-9(12)8(11)3-1/h1-7H. The summed E-state index contributed by atoms with van der Waals surface area (Å²) < 4.78 is 4.09. The summed E-state index contributed by atoms with van der Waals surface area (Å²) in [5.74, 6) is 0. The Bertz CT molecular complexity index is 532. The van der Waals surface area contributed by atoms with E-state index in [1.165, 1.54) is 5.52 Å². The van der Waals surface area contributed by atoms with Crippen molar-refractivity contribution in [3.63, 3.8) is 0 Å². The van der Waals surface area contributed by atoms with E-state index in [2.05, 4.69) is 15.5 Å². The SMILES string of the molecule is c1cc[n+]2cn3cn[cH-]c3c2c1. The van der Waals surface area contributed by atoms with Gasteiger partial charge in [0.1, 0.15) is 0 Å². The molecule has 58 valence electrons. The summed E-state index contributed by atoms with van der Waals surface area (Å²) in [6.45, 7) is 0. The van der Waals surface area contributed by atoms with Crippen LogP contribution in [-0.4, -0.2) is 9.38 Å². The van der Waals surface area contributed by atoms with Crippen LogP contribution in [0.4, 0.5) is 0 Å². The van der Waals surface area contributed by atoms with Gasteiger partial charge in [-0.3, -0.25) is 8.80 Å². The molecule has 3 heteroatoms. The number of hydrogen-bond donors (Lipinski definition) is 0. The fourth-order valence-corrected chi connectivity index (χ4v) is 1.50. The van der Waals surface area contributed by atoms with Crippen LogP contribution >= 0.6 is 0 Å². The first-order valence-corrected chi connectivity index (χ1v) is 3.82. The predicted octanol–water partition coefficient (Wildman–Crippen LogP) is 0.792. The van der Waals surface area contributed by atoms with Crippen LogP contribution in [0.3, 0.4) is 0 Å². The summed E-state index contributed by atoms with van der Waals surface area (Å²) in [5, 5.41) is 0. The van der Waals surface area contributed by atoms with Crippen LogP contribution in [0.5, 0.6) is 0 Å². The second kappa shape index (κ2) is 1.88. The van der Waals surface area contributed by atoms with E-state index < -0.39 is 0 Å². The molecule has 12 heavy (non-hydrogen) atoms. The summed E-state index contributed by atoms with van der Waals surface area (Å²) in [6.07, 6.45) is 7.72. The molecule has 0 aliphatic carbocycles. The van der Waals surface area contributed by atoms with E-state index >= 15 is 0 Å². The van der Waals surface area contributed by atoms with E-state index in [0.717, 1.165) is 5.52 Å². The summed E-state index contributed by atoms with van der Waals surface area (Å²) >= 11 is 0. The number of nitrogens with zero attached hydrogens (tertiary/aromatic N) is 3. The van der Waals surface area contributed by atoms with Gasteiger partial charge < -0.3 is 4.98 Å². The van der Waals surface area contributed by atoms with Gasteiger partial charge in [0.2, 0.25) is 6.33 Å². The van der Waals surface area contributed by atoms with E-state index in [9.17, 15) is 0 Å². The normalized spacial score (nSPS) is 11.3. The molecule has 3 aromatic heterocycles. The number of imidazole rings is 2. The molecular formula is C9H7N3. The minimum Gasteiger partial charge on any atom is -0.348 e. The molecule has 0 saturated carbocycles. The molecule has 0 fully saturated rings. The van der Waals surface area contributed by atoms with Crippen molar-refractivity contribution in [2.24, 2.45) is 0 Å². The van der Waals surface area contributed by atoms with Gasteiger partial charge in [-0.15, -0.1) is 0 Å². The van der Waals surface area contributed by atoms with Crippen LogP contribution in [0.1, 0.15) is 0 Å². The van der Waals surface area contributed by atoms with Crippen molar-refractivity contribution in [3.8, 4) is 0 Å². The molecule has 3 rings (SSSR count). The van der Waals surface area contributed by atoms with Gasteiger partial charge in [-0.05, 0) is 12.3 Å². The van der Waals surface area contributed by atoms with Crippen molar-refractivity contribution in [2.75, 3.05) is 0 Å². The summed E-state index contributed by atoms with van der Waals surface area (Å²) in [6, 6.07) is 6.12. The number of hydrogen-bond acceptors (Lipinski definition) is 1. The molecule has 3 nitrogen and oxygen atoms in total. The van der Waals surface area contributed by atoms with Crippen LogP contribution in [-0.2, 0) is 0 Å². The Kier molecular flexibility index (Phi) is 0.913. The van der Waals surface area contributed by atoms with Gasteiger partial charge >= 0.3 is 0 Å². The van der Waals surface area contributed by atoms with Gasteiger partial charge in [0.15, 0.2) is 0 Å². The average Bonchev–Trinajstić information content (AvgIpc) is 2.62. The van der Waals surface area contributed by atoms with Crippen molar-refractivity contribution in [1.82, 2.24) is 9.38 Å². The Morgan fingerprint density at radius 1 is 1.42 bits per heavy atom. The summed E-state index contributed by atoms with van der Waals surface area (Å²) in [7, 11) is 0. The highest BCUT2D eigenvalue weighted by molar-refractivity contribution is 5.70. The molecule has 3 heterocycles. The molecule has 0 spiro atoms. The zero-order valence-electron chi connectivity index (χ0n) is 6.38. The highest BCUT2D eigenvalue weighted by atomic mass is 15.1. The molecule has 0 saturated heterocycles. The summed E-state index contributed by atoms with van der Waals surface area (Å²) in [5.41, 5.74) is 2.34. The molecular weight excluding hydrogens is 150 g/mol. The van der Waals surface area contributed by atoms with Gasteiger partial charge in [0, 0.05) is 0 Å². The molecule has 0 atom stereocenters. The quantitative estimate of drug-likeness (QED) is 0.349. The van der Waals surface area contributed by atoms with E-state index in [4.69, 9.17) is 0 Å². The van der Waals surface area contributed by atoms with Gasteiger partial charge in [0.05, 0.1) is 23.6 Å². The first-order chi connectivity index (χ1) is 5.95. The second-order valence-electron chi connectivity index (χ2n) is 2.79. The largest absolute Gasteiger partial charge is 0.348 e. The third kappa shape index (κ3) is 0.580. The smallest absolute Gasteiger partial charge is 0.231 e. The van der Waals surface area contributed by atoms with E-state index in [1.54, 1.807) is 0 Å². The van der Waals surface area contributed by atoms with Crippen LogP contribution < -0.4 is 4.40 Å². The Hall–Kier alpha value is -1.77. The molecule has 0 N–H and O–H groups in total. The third-order valence-electron chi connectivity index (χ3n) is 2.07. The lowest BCUT2D eigenvalue weighted by molar-refractivity contribution is -0.511. The van der Waals surface area contributed by atoms with Crippen LogP contribution in [0.2, 0.25) is 0 Å². The molecule has 0 bridgehead atoms. The number of rotatable bonds is 0. The maximum Gasteiger partial charge on any atom is 0.231 e. The molecule has 0 unspecified atom stereocenters. The highest BCUT2D eigenvalue weighted by Gasteiger charge is 2.01. The van der Waals surface area contributed by atoms with Crippen molar-refractivity contribution in [2.45, 2.75) is 0 Å². The van der Waals surface area contributed by atoms with Crippen LogP contribution in [0.25, 0.3) is 11.0 Å². The zero-order chi connectivity index (χ0) is 7.97. The molecule has 0 aliphatic heterocycles. The topological polar surface area (TPSA) is 21.4 Å². The monoisotopic (exact) mass is 157 g/mol. The Morgan fingerprint density at radius 2 is 2.42 bits per heavy atom. The number of fused-ring (bicyclic) bond motifs is 3. The van der Waals surface area contributed by atoms with Crippen molar-refractivity contribution in [1.29, 1.82) is 0 Å². The average molecular weight is 157 g/mol. The fourth-order valence-electron chi connectivity index (χ4n) is 1.50. The van der Waals surface area contributed by atoms with Crippen LogP contribution in [0.15, 0.2) is 43.2 Å².